The van der Waals surface area contributed by atoms with Gasteiger partial charge in [0, 0.05) is 44.0 Å². The van der Waals surface area contributed by atoms with E-state index in [0.29, 0.717) is 11.3 Å². The van der Waals surface area contributed by atoms with Gasteiger partial charge in [-0.3, -0.25) is 9.69 Å². The molecule has 3 heterocycles. The van der Waals surface area contributed by atoms with Gasteiger partial charge in [-0.2, -0.15) is 18.3 Å². The molecule has 1 unspecified atom stereocenters. The second-order valence-electron chi connectivity index (χ2n) is 7.75. The molecule has 0 radical (unpaired) electrons. The van der Waals surface area contributed by atoms with E-state index in [1.54, 1.807) is 24.3 Å². The lowest BCUT2D eigenvalue weighted by Gasteiger charge is -2.39. The summed E-state index contributed by atoms with van der Waals surface area (Å²) in [5.74, 6) is -0.0315. The van der Waals surface area contributed by atoms with Crippen LogP contribution in [0, 0.1) is 0 Å². The van der Waals surface area contributed by atoms with E-state index in [1.165, 1.54) is 10.9 Å². The first kappa shape index (κ1) is 20.9. The van der Waals surface area contributed by atoms with Crippen molar-refractivity contribution in [3.05, 3.63) is 47.8 Å². The first-order valence-electron chi connectivity index (χ1n) is 10.3. The molecule has 2 aromatic rings. The third kappa shape index (κ3) is 4.67. The van der Waals surface area contributed by atoms with E-state index in [4.69, 9.17) is 4.74 Å². The number of morpholine rings is 1. The van der Waals surface area contributed by atoms with Gasteiger partial charge in [0.15, 0.2) is 5.69 Å². The highest BCUT2D eigenvalue weighted by Crippen LogP contribution is 2.28. The number of carbonyl (C=O) groups excluding carboxylic acids is 1. The maximum Gasteiger partial charge on any atom is 0.435 e. The monoisotopic (exact) mass is 422 g/mol. The molecule has 4 rings (SSSR count). The Morgan fingerprint density at radius 1 is 1.07 bits per heavy atom. The molecule has 6 nitrogen and oxygen atoms in total. The molecule has 2 fully saturated rings. The summed E-state index contributed by atoms with van der Waals surface area (Å²) in [5, 5.41) is 3.57. The highest BCUT2D eigenvalue weighted by Gasteiger charge is 2.34. The number of ether oxygens (including phenoxy) is 1. The zero-order chi connectivity index (χ0) is 21.1. The molecule has 1 aromatic carbocycles. The molecule has 2 saturated heterocycles. The molecule has 162 valence electrons. The number of piperidine rings is 1. The summed E-state index contributed by atoms with van der Waals surface area (Å²) in [6.07, 6.45) is -0.141. The smallest absolute Gasteiger partial charge is 0.379 e. The Kier molecular flexibility index (Phi) is 6.10. The number of amides is 1. The van der Waals surface area contributed by atoms with E-state index in [0.717, 1.165) is 64.7 Å². The minimum Gasteiger partial charge on any atom is -0.379 e. The van der Waals surface area contributed by atoms with Crippen molar-refractivity contribution in [1.82, 2.24) is 19.6 Å². The number of benzene rings is 1. The maximum absolute atomic E-state index is 13.1. The fraction of sp³-hybridized carbons (Fsp3) is 0.524. The molecule has 2 aliphatic heterocycles. The van der Waals surface area contributed by atoms with E-state index >= 15 is 0 Å². The quantitative estimate of drug-likeness (QED) is 0.759. The summed E-state index contributed by atoms with van der Waals surface area (Å²) in [6.45, 7) is 4.80. The van der Waals surface area contributed by atoms with Crippen molar-refractivity contribution >= 4 is 5.91 Å². The SMILES string of the molecule is O=C(c1ccc(-n2ccc(C(F)(F)F)n2)cc1)N1CCCCC1CN1CCOCC1. The number of hydrogen-bond donors (Lipinski definition) is 0. The van der Waals surface area contributed by atoms with Crippen LogP contribution in [-0.2, 0) is 10.9 Å². The molecule has 2 aliphatic rings. The number of alkyl halides is 3. The molecule has 1 aromatic heterocycles. The molecule has 0 aliphatic carbocycles. The van der Waals surface area contributed by atoms with E-state index in [9.17, 15) is 18.0 Å². The summed E-state index contributed by atoms with van der Waals surface area (Å²) < 4.78 is 44.9. The van der Waals surface area contributed by atoms with Gasteiger partial charge in [0.05, 0.1) is 18.9 Å². The average Bonchev–Trinajstić information content (AvgIpc) is 3.26. The lowest BCUT2D eigenvalue weighted by molar-refractivity contribution is -0.141. The largest absolute Gasteiger partial charge is 0.435 e. The Bertz CT molecular complexity index is 860. The van der Waals surface area contributed by atoms with Gasteiger partial charge >= 0.3 is 6.18 Å². The Labute approximate surface area is 173 Å². The minimum atomic E-state index is -4.48. The Balaban J connectivity index is 1.46. The van der Waals surface area contributed by atoms with Crippen LogP contribution in [0.25, 0.3) is 5.69 Å². The van der Waals surface area contributed by atoms with Gasteiger partial charge in [-0.1, -0.05) is 0 Å². The predicted molar refractivity (Wildman–Crippen MR) is 105 cm³/mol. The lowest BCUT2D eigenvalue weighted by Crippen LogP contribution is -2.51. The van der Waals surface area contributed by atoms with Crippen LogP contribution in [0.2, 0.25) is 0 Å². The first-order valence-corrected chi connectivity index (χ1v) is 10.3. The molecule has 1 amide bonds. The number of carbonyl (C=O) groups is 1. The van der Waals surface area contributed by atoms with Gasteiger partial charge in [-0.05, 0) is 49.6 Å². The van der Waals surface area contributed by atoms with Crippen molar-refractivity contribution in [2.75, 3.05) is 39.4 Å². The topological polar surface area (TPSA) is 50.6 Å². The number of nitrogens with zero attached hydrogens (tertiary/aromatic N) is 4. The molecular formula is C21H25F3N4O2. The fourth-order valence-electron chi connectivity index (χ4n) is 4.08. The Morgan fingerprint density at radius 3 is 2.47 bits per heavy atom. The first-order chi connectivity index (χ1) is 14.4. The molecule has 0 spiro atoms. The van der Waals surface area contributed by atoms with Gasteiger partial charge in [0.1, 0.15) is 0 Å². The maximum atomic E-state index is 13.1. The van der Waals surface area contributed by atoms with E-state index in [1.807, 2.05) is 4.90 Å². The zero-order valence-corrected chi connectivity index (χ0v) is 16.6. The summed E-state index contributed by atoms with van der Waals surface area (Å²) in [4.78, 5) is 17.4. The van der Waals surface area contributed by atoms with Crippen LogP contribution in [0.15, 0.2) is 36.5 Å². The third-order valence-electron chi connectivity index (χ3n) is 5.72. The van der Waals surface area contributed by atoms with Crippen molar-refractivity contribution in [1.29, 1.82) is 0 Å². The summed E-state index contributed by atoms with van der Waals surface area (Å²) in [5.41, 5.74) is 0.0725. The van der Waals surface area contributed by atoms with Crippen molar-refractivity contribution in [2.24, 2.45) is 0 Å². The van der Waals surface area contributed by atoms with Crippen LogP contribution < -0.4 is 0 Å². The van der Waals surface area contributed by atoms with E-state index in [2.05, 4.69) is 10.00 Å². The predicted octanol–water partition coefficient (Wildman–Crippen LogP) is 3.22. The highest BCUT2D eigenvalue weighted by atomic mass is 19.4. The Hall–Kier alpha value is -2.39. The number of rotatable bonds is 4. The van der Waals surface area contributed by atoms with Crippen molar-refractivity contribution < 1.29 is 22.7 Å². The second-order valence-corrected chi connectivity index (χ2v) is 7.75. The van der Waals surface area contributed by atoms with Crippen molar-refractivity contribution in [2.45, 2.75) is 31.5 Å². The van der Waals surface area contributed by atoms with Crippen LogP contribution in [0.1, 0.15) is 35.3 Å². The van der Waals surface area contributed by atoms with Crippen LogP contribution in [0.3, 0.4) is 0 Å². The molecular weight excluding hydrogens is 397 g/mol. The van der Waals surface area contributed by atoms with Gasteiger partial charge in [0.25, 0.3) is 5.91 Å². The summed E-state index contributed by atoms with van der Waals surface area (Å²) in [7, 11) is 0. The highest BCUT2D eigenvalue weighted by molar-refractivity contribution is 5.94. The van der Waals surface area contributed by atoms with Gasteiger partial charge in [0.2, 0.25) is 0 Å². The van der Waals surface area contributed by atoms with Gasteiger partial charge < -0.3 is 9.64 Å². The molecule has 1 atom stereocenters. The van der Waals surface area contributed by atoms with Crippen LogP contribution in [0.5, 0.6) is 0 Å². The average molecular weight is 422 g/mol. The Morgan fingerprint density at radius 2 is 1.80 bits per heavy atom. The van der Waals surface area contributed by atoms with Crippen LogP contribution in [-0.4, -0.2) is 70.9 Å². The molecule has 0 saturated carbocycles. The third-order valence-corrected chi connectivity index (χ3v) is 5.72. The standard InChI is InChI=1S/C21H25F3N4O2/c22-21(23,24)19-8-10-28(25-19)17-6-4-16(5-7-17)20(29)27-9-2-1-3-18(27)15-26-11-13-30-14-12-26/h4-8,10,18H,1-3,9,11-15H2. The van der Waals surface area contributed by atoms with Gasteiger partial charge in [-0.25, -0.2) is 4.68 Å². The van der Waals surface area contributed by atoms with Crippen LogP contribution in [0.4, 0.5) is 13.2 Å². The molecule has 30 heavy (non-hydrogen) atoms. The summed E-state index contributed by atoms with van der Waals surface area (Å²) >= 11 is 0. The lowest BCUT2D eigenvalue weighted by atomic mass is 10.00. The van der Waals surface area contributed by atoms with Gasteiger partial charge in [-0.15, -0.1) is 0 Å². The molecule has 9 heteroatoms. The zero-order valence-electron chi connectivity index (χ0n) is 16.6. The van der Waals surface area contributed by atoms with E-state index in [-0.39, 0.29) is 11.9 Å². The molecule has 0 bridgehead atoms. The number of hydrogen-bond acceptors (Lipinski definition) is 4. The van der Waals surface area contributed by atoms with Crippen molar-refractivity contribution in [3.63, 3.8) is 0 Å². The molecule has 0 N–H and O–H groups in total. The normalized spacial score (nSPS) is 21.0. The number of aromatic nitrogens is 2. The van der Waals surface area contributed by atoms with E-state index < -0.39 is 11.9 Å². The summed E-state index contributed by atoms with van der Waals surface area (Å²) in [6, 6.07) is 7.68. The fourth-order valence-corrected chi connectivity index (χ4v) is 4.08. The second kappa shape index (κ2) is 8.77. The van der Waals surface area contributed by atoms with Crippen LogP contribution >= 0.6 is 0 Å². The minimum absolute atomic E-state index is 0.0315. The van der Waals surface area contributed by atoms with Crippen molar-refractivity contribution in [3.8, 4) is 5.69 Å². The number of halogens is 3. The number of likely N-dealkylation sites (tertiary alicyclic amines) is 1.